The van der Waals surface area contributed by atoms with Crippen molar-refractivity contribution in [3.8, 4) is 0 Å². The lowest BCUT2D eigenvalue weighted by atomic mass is 10.1. The van der Waals surface area contributed by atoms with Crippen LogP contribution >= 0.6 is 0 Å². The van der Waals surface area contributed by atoms with Gasteiger partial charge in [0.1, 0.15) is 5.60 Å². The van der Waals surface area contributed by atoms with Crippen LogP contribution in [0.5, 0.6) is 0 Å². The second kappa shape index (κ2) is 7.03. The molecular weight excluding hydrogens is 322 g/mol. The predicted molar refractivity (Wildman–Crippen MR) is 91.9 cm³/mol. The van der Waals surface area contributed by atoms with Crippen molar-refractivity contribution in [1.82, 2.24) is 25.1 Å². The predicted octanol–water partition coefficient (Wildman–Crippen LogP) is 2.13. The molecule has 8 nitrogen and oxygen atoms in total. The van der Waals surface area contributed by atoms with Gasteiger partial charge >= 0.3 is 12.1 Å². The number of rotatable bonds is 1. The van der Waals surface area contributed by atoms with Gasteiger partial charge in [-0.25, -0.2) is 14.6 Å². The molecule has 0 radical (unpaired) electrons. The standard InChI is InChI=1S/C17H27N5O3/c1-17(2,3)25-16(24)20-10-7-13-11-18-22(14(13)12-20)15(23)19-21-8-5-4-6-9-21/h11H,4-10,12H2,1-3H3,(H,19,23). The summed E-state index contributed by atoms with van der Waals surface area (Å²) in [5, 5.41) is 6.17. The molecule has 25 heavy (non-hydrogen) atoms. The third-order valence-corrected chi connectivity index (χ3v) is 4.40. The van der Waals surface area contributed by atoms with E-state index in [4.69, 9.17) is 4.74 Å². The molecule has 2 amide bonds. The first-order chi connectivity index (χ1) is 11.8. The molecule has 1 saturated heterocycles. The van der Waals surface area contributed by atoms with Crippen LogP contribution in [0.25, 0.3) is 0 Å². The molecule has 0 bridgehead atoms. The van der Waals surface area contributed by atoms with Crippen molar-refractivity contribution in [2.24, 2.45) is 0 Å². The van der Waals surface area contributed by atoms with E-state index in [0.717, 1.165) is 37.2 Å². The summed E-state index contributed by atoms with van der Waals surface area (Å²) in [6.45, 7) is 8.15. The Bertz CT molecular complexity index is 643. The van der Waals surface area contributed by atoms with Gasteiger partial charge in [-0.1, -0.05) is 6.42 Å². The molecule has 1 aromatic rings. The van der Waals surface area contributed by atoms with E-state index in [-0.39, 0.29) is 12.1 Å². The molecule has 0 unspecified atom stereocenters. The van der Waals surface area contributed by atoms with Gasteiger partial charge in [0, 0.05) is 19.6 Å². The Morgan fingerprint density at radius 1 is 1.16 bits per heavy atom. The molecule has 2 aliphatic rings. The Balaban J connectivity index is 1.68. The zero-order valence-electron chi connectivity index (χ0n) is 15.2. The molecule has 3 heterocycles. The Morgan fingerprint density at radius 2 is 1.88 bits per heavy atom. The largest absolute Gasteiger partial charge is 0.444 e. The molecule has 0 spiro atoms. The third-order valence-electron chi connectivity index (χ3n) is 4.40. The maximum Gasteiger partial charge on any atom is 0.410 e. The summed E-state index contributed by atoms with van der Waals surface area (Å²) >= 11 is 0. The number of fused-ring (bicyclic) bond motifs is 1. The van der Waals surface area contributed by atoms with Gasteiger partial charge in [0.25, 0.3) is 0 Å². The van der Waals surface area contributed by atoms with Gasteiger partial charge in [0.05, 0.1) is 18.4 Å². The average Bonchev–Trinajstić information content (AvgIpc) is 2.97. The molecule has 0 atom stereocenters. The molecule has 1 fully saturated rings. The summed E-state index contributed by atoms with van der Waals surface area (Å²) in [5.41, 5.74) is 4.14. The van der Waals surface area contributed by atoms with Crippen molar-refractivity contribution in [2.45, 2.75) is 58.6 Å². The fraction of sp³-hybridized carbons (Fsp3) is 0.706. The number of carbonyl (C=O) groups excluding carboxylic acids is 2. The number of piperidine rings is 1. The number of carbonyl (C=O) groups is 2. The van der Waals surface area contributed by atoms with Crippen molar-refractivity contribution in [3.63, 3.8) is 0 Å². The van der Waals surface area contributed by atoms with Crippen molar-refractivity contribution in [1.29, 1.82) is 0 Å². The summed E-state index contributed by atoms with van der Waals surface area (Å²) in [7, 11) is 0. The monoisotopic (exact) mass is 349 g/mol. The first-order valence-electron chi connectivity index (χ1n) is 8.93. The summed E-state index contributed by atoms with van der Waals surface area (Å²) in [5.74, 6) is 0. The van der Waals surface area contributed by atoms with E-state index in [2.05, 4.69) is 10.5 Å². The van der Waals surface area contributed by atoms with Crippen LogP contribution in [0.1, 0.15) is 51.3 Å². The molecular formula is C17H27N5O3. The van der Waals surface area contributed by atoms with Gasteiger partial charge in [-0.2, -0.15) is 9.78 Å². The maximum atomic E-state index is 12.6. The average molecular weight is 349 g/mol. The molecule has 1 aromatic heterocycles. The number of hydrogen-bond donors (Lipinski definition) is 1. The van der Waals surface area contributed by atoms with E-state index in [9.17, 15) is 9.59 Å². The van der Waals surface area contributed by atoms with E-state index in [1.165, 1.54) is 11.1 Å². The van der Waals surface area contributed by atoms with Gasteiger partial charge < -0.3 is 9.64 Å². The first kappa shape index (κ1) is 17.7. The number of aromatic nitrogens is 2. The maximum absolute atomic E-state index is 12.6. The lowest BCUT2D eigenvalue weighted by Gasteiger charge is -2.30. The number of amides is 2. The van der Waals surface area contributed by atoms with Crippen LogP contribution in [0.4, 0.5) is 9.59 Å². The van der Waals surface area contributed by atoms with Crippen LogP contribution in [-0.4, -0.2) is 57.0 Å². The number of hydrazine groups is 1. The quantitative estimate of drug-likeness (QED) is 0.840. The van der Waals surface area contributed by atoms with E-state index in [1.807, 2.05) is 25.8 Å². The molecule has 0 aromatic carbocycles. The zero-order chi connectivity index (χ0) is 18.0. The third kappa shape index (κ3) is 4.31. The number of nitrogens with zero attached hydrogens (tertiary/aromatic N) is 4. The fourth-order valence-electron chi connectivity index (χ4n) is 3.15. The van der Waals surface area contributed by atoms with E-state index in [0.29, 0.717) is 19.5 Å². The van der Waals surface area contributed by atoms with Crippen LogP contribution in [0.15, 0.2) is 6.20 Å². The zero-order valence-corrected chi connectivity index (χ0v) is 15.2. The summed E-state index contributed by atoms with van der Waals surface area (Å²) in [4.78, 5) is 26.5. The Kier molecular flexibility index (Phi) is 4.99. The van der Waals surface area contributed by atoms with Crippen LogP contribution in [0, 0.1) is 0 Å². The van der Waals surface area contributed by atoms with Crippen LogP contribution in [-0.2, 0) is 17.7 Å². The summed E-state index contributed by atoms with van der Waals surface area (Å²) in [6, 6.07) is -0.269. The lowest BCUT2D eigenvalue weighted by Crippen LogP contribution is -2.48. The normalized spacial score (nSPS) is 18.6. The van der Waals surface area contributed by atoms with E-state index >= 15 is 0 Å². The Morgan fingerprint density at radius 3 is 2.56 bits per heavy atom. The van der Waals surface area contributed by atoms with Gasteiger partial charge in [0.15, 0.2) is 0 Å². The SMILES string of the molecule is CC(C)(C)OC(=O)N1CCc2cnn(C(=O)NN3CCCCC3)c2C1. The van der Waals surface area contributed by atoms with Crippen molar-refractivity contribution < 1.29 is 14.3 Å². The fourth-order valence-corrected chi connectivity index (χ4v) is 3.15. The minimum absolute atomic E-state index is 0.269. The number of ether oxygens (including phenoxy) is 1. The highest BCUT2D eigenvalue weighted by atomic mass is 16.6. The van der Waals surface area contributed by atoms with Crippen molar-refractivity contribution >= 4 is 12.1 Å². The van der Waals surface area contributed by atoms with Gasteiger partial charge in [-0.3, -0.25) is 5.43 Å². The molecule has 0 aliphatic carbocycles. The van der Waals surface area contributed by atoms with Gasteiger partial charge in [0.2, 0.25) is 0 Å². The molecule has 138 valence electrons. The Hall–Kier alpha value is -2.09. The molecule has 3 rings (SSSR count). The molecule has 8 heteroatoms. The summed E-state index contributed by atoms with van der Waals surface area (Å²) < 4.78 is 6.81. The van der Waals surface area contributed by atoms with Crippen LogP contribution in [0.2, 0.25) is 0 Å². The van der Waals surface area contributed by atoms with Crippen LogP contribution in [0.3, 0.4) is 0 Å². The highest BCUT2D eigenvalue weighted by Crippen LogP contribution is 2.21. The second-order valence-electron chi connectivity index (χ2n) is 7.64. The first-order valence-corrected chi connectivity index (χ1v) is 8.93. The topological polar surface area (TPSA) is 79.7 Å². The highest BCUT2D eigenvalue weighted by Gasteiger charge is 2.29. The molecule has 1 N–H and O–H groups in total. The number of nitrogens with one attached hydrogen (secondary N) is 1. The Labute approximate surface area is 148 Å². The number of hydrogen-bond acceptors (Lipinski definition) is 5. The van der Waals surface area contributed by atoms with Crippen molar-refractivity contribution in [3.05, 3.63) is 17.5 Å². The van der Waals surface area contributed by atoms with Crippen molar-refractivity contribution in [2.75, 3.05) is 19.6 Å². The van der Waals surface area contributed by atoms with E-state index < -0.39 is 5.60 Å². The van der Waals surface area contributed by atoms with Gasteiger partial charge in [-0.15, -0.1) is 0 Å². The molecule has 2 aliphatic heterocycles. The minimum atomic E-state index is -0.538. The molecule has 0 saturated carbocycles. The van der Waals surface area contributed by atoms with Gasteiger partial charge in [-0.05, 0) is 45.6 Å². The minimum Gasteiger partial charge on any atom is -0.444 e. The second-order valence-corrected chi connectivity index (χ2v) is 7.64. The van der Waals surface area contributed by atoms with Crippen LogP contribution < -0.4 is 5.43 Å². The summed E-state index contributed by atoms with van der Waals surface area (Å²) in [6.07, 6.45) is 5.41. The smallest absolute Gasteiger partial charge is 0.410 e. The van der Waals surface area contributed by atoms with E-state index in [1.54, 1.807) is 11.1 Å². The highest BCUT2D eigenvalue weighted by molar-refractivity contribution is 5.76. The lowest BCUT2D eigenvalue weighted by molar-refractivity contribution is 0.0219.